The average Bonchev–Trinajstić information content (AvgIpc) is 2.97. The van der Waals surface area contributed by atoms with Crippen molar-refractivity contribution in [1.29, 1.82) is 0 Å². The predicted octanol–water partition coefficient (Wildman–Crippen LogP) is 3.32. The molecule has 8 heteroatoms. The van der Waals surface area contributed by atoms with Crippen LogP contribution in [0.2, 0.25) is 0 Å². The Bertz CT molecular complexity index is 637. The summed E-state index contributed by atoms with van der Waals surface area (Å²) in [7, 11) is 0. The maximum absolute atomic E-state index is 5.80. The van der Waals surface area contributed by atoms with E-state index in [0.29, 0.717) is 11.9 Å². The minimum absolute atomic E-state index is 0.220. The molecule has 0 radical (unpaired) electrons. The van der Waals surface area contributed by atoms with E-state index in [1.54, 1.807) is 0 Å². The SMILES string of the molecule is Nc1nc(Nc2c(Br)cccc2Br)nc(N2CCCC2)n1. The molecule has 2 aromatic rings. The van der Waals surface area contributed by atoms with Gasteiger partial charge in [-0.15, -0.1) is 0 Å². The number of hydrogen-bond donors (Lipinski definition) is 2. The molecule has 0 bridgehead atoms. The summed E-state index contributed by atoms with van der Waals surface area (Å²) < 4.78 is 1.83. The summed E-state index contributed by atoms with van der Waals surface area (Å²) in [6.45, 7) is 1.92. The summed E-state index contributed by atoms with van der Waals surface area (Å²) in [5, 5.41) is 3.18. The van der Waals surface area contributed by atoms with Crippen LogP contribution in [-0.4, -0.2) is 28.0 Å². The minimum Gasteiger partial charge on any atom is -0.368 e. The summed E-state index contributed by atoms with van der Waals surface area (Å²) in [6, 6.07) is 5.83. The van der Waals surface area contributed by atoms with Gasteiger partial charge in [0.15, 0.2) is 0 Å². The Kier molecular flexibility index (Phi) is 4.25. The molecular weight excluding hydrogens is 400 g/mol. The number of para-hydroxylation sites is 1. The van der Waals surface area contributed by atoms with E-state index in [-0.39, 0.29) is 5.95 Å². The molecule has 0 saturated carbocycles. The van der Waals surface area contributed by atoms with Crippen LogP contribution in [-0.2, 0) is 0 Å². The number of nitrogens with zero attached hydrogens (tertiary/aromatic N) is 4. The average molecular weight is 414 g/mol. The van der Waals surface area contributed by atoms with Gasteiger partial charge in [-0.25, -0.2) is 0 Å². The molecule has 6 nitrogen and oxygen atoms in total. The van der Waals surface area contributed by atoms with E-state index in [9.17, 15) is 0 Å². The zero-order chi connectivity index (χ0) is 14.8. The lowest BCUT2D eigenvalue weighted by molar-refractivity contribution is 0.887. The molecule has 1 aromatic carbocycles. The van der Waals surface area contributed by atoms with Crippen LogP contribution in [0, 0.1) is 0 Å². The number of halogens is 2. The molecule has 110 valence electrons. The Morgan fingerprint density at radius 2 is 1.71 bits per heavy atom. The number of aromatic nitrogens is 3. The van der Waals surface area contributed by atoms with Gasteiger partial charge in [0.1, 0.15) is 0 Å². The lowest BCUT2D eigenvalue weighted by atomic mass is 10.3. The van der Waals surface area contributed by atoms with Gasteiger partial charge in [0.25, 0.3) is 0 Å². The van der Waals surface area contributed by atoms with Crippen molar-refractivity contribution in [2.24, 2.45) is 0 Å². The molecule has 0 aliphatic carbocycles. The van der Waals surface area contributed by atoms with E-state index in [0.717, 1.165) is 40.6 Å². The van der Waals surface area contributed by atoms with Gasteiger partial charge in [-0.3, -0.25) is 0 Å². The Labute approximate surface area is 139 Å². The first-order chi connectivity index (χ1) is 10.1. The van der Waals surface area contributed by atoms with Gasteiger partial charge in [0, 0.05) is 22.0 Å². The van der Waals surface area contributed by atoms with Crippen LogP contribution >= 0.6 is 31.9 Å². The van der Waals surface area contributed by atoms with Crippen molar-refractivity contribution in [3.8, 4) is 0 Å². The van der Waals surface area contributed by atoms with E-state index in [1.165, 1.54) is 0 Å². The number of anilines is 4. The molecule has 1 fully saturated rings. The first-order valence-corrected chi connectivity index (χ1v) is 8.19. The third-order valence-corrected chi connectivity index (χ3v) is 4.55. The zero-order valence-electron chi connectivity index (χ0n) is 11.2. The van der Waals surface area contributed by atoms with Gasteiger partial charge < -0.3 is 16.0 Å². The fourth-order valence-electron chi connectivity index (χ4n) is 2.22. The Morgan fingerprint density at radius 1 is 1.05 bits per heavy atom. The van der Waals surface area contributed by atoms with E-state index in [2.05, 4.69) is 57.0 Å². The fourth-order valence-corrected chi connectivity index (χ4v) is 3.42. The lowest BCUT2D eigenvalue weighted by Gasteiger charge is -2.16. The highest BCUT2D eigenvalue weighted by Gasteiger charge is 2.17. The molecule has 0 unspecified atom stereocenters. The van der Waals surface area contributed by atoms with Gasteiger partial charge in [-0.05, 0) is 56.8 Å². The van der Waals surface area contributed by atoms with E-state index in [4.69, 9.17) is 5.73 Å². The molecule has 1 aliphatic heterocycles. The van der Waals surface area contributed by atoms with Gasteiger partial charge in [0.05, 0.1) is 5.69 Å². The molecule has 21 heavy (non-hydrogen) atoms. The monoisotopic (exact) mass is 412 g/mol. The minimum atomic E-state index is 0.220. The number of rotatable bonds is 3. The first-order valence-electron chi connectivity index (χ1n) is 6.61. The standard InChI is InChI=1S/C13H14Br2N6/c14-8-4-3-5-9(15)10(8)17-12-18-11(16)19-13(20-12)21-6-1-2-7-21/h3-5H,1-2,6-7H2,(H3,16,17,18,19,20). The van der Waals surface area contributed by atoms with Crippen LogP contribution in [0.25, 0.3) is 0 Å². The molecule has 0 atom stereocenters. The number of nitrogens with two attached hydrogens (primary N) is 1. The topological polar surface area (TPSA) is 80.0 Å². The first kappa shape index (κ1) is 14.5. The number of nitrogen functional groups attached to an aromatic ring is 1. The van der Waals surface area contributed by atoms with Crippen LogP contribution in [0.5, 0.6) is 0 Å². The molecule has 1 aromatic heterocycles. The zero-order valence-corrected chi connectivity index (χ0v) is 14.4. The summed E-state index contributed by atoms with van der Waals surface area (Å²) >= 11 is 7.01. The highest BCUT2D eigenvalue weighted by molar-refractivity contribution is 9.11. The van der Waals surface area contributed by atoms with Crippen molar-refractivity contribution in [2.75, 3.05) is 29.0 Å². The maximum atomic E-state index is 5.80. The molecule has 3 rings (SSSR count). The second kappa shape index (κ2) is 6.15. The third kappa shape index (κ3) is 3.26. The fraction of sp³-hybridized carbons (Fsp3) is 0.308. The quantitative estimate of drug-likeness (QED) is 0.803. The van der Waals surface area contributed by atoms with Gasteiger partial charge in [0.2, 0.25) is 17.8 Å². The van der Waals surface area contributed by atoms with Crippen molar-refractivity contribution in [1.82, 2.24) is 15.0 Å². The van der Waals surface area contributed by atoms with Crippen LogP contribution in [0.1, 0.15) is 12.8 Å². The van der Waals surface area contributed by atoms with Gasteiger partial charge in [-0.2, -0.15) is 15.0 Å². The maximum Gasteiger partial charge on any atom is 0.233 e. The van der Waals surface area contributed by atoms with Crippen molar-refractivity contribution in [3.63, 3.8) is 0 Å². The Balaban J connectivity index is 1.91. The third-order valence-electron chi connectivity index (χ3n) is 3.23. The predicted molar refractivity (Wildman–Crippen MR) is 90.8 cm³/mol. The van der Waals surface area contributed by atoms with Gasteiger partial charge in [-0.1, -0.05) is 6.07 Å². The Hall–Kier alpha value is -1.41. The molecule has 2 heterocycles. The molecule has 1 aliphatic rings. The van der Waals surface area contributed by atoms with E-state index in [1.807, 2.05) is 18.2 Å². The van der Waals surface area contributed by atoms with E-state index >= 15 is 0 Å². The van der Waals surface area contributed by atoms with Gasteiger partial charge >= 0.3 is 0 Å². The number of benzene rings is 1. The largest absolute Gasteiger partial charge is 0.368 e. The summed E-state index contributed by atoms with van der Waals surface area (Å²) in [5.41, 5.74) is 6.66. The summed E-state index contributed by atoms with van der Waals surface area (Å²) in [4.78, 5) is 15.0. The van der Waals surface area contributed by atoms with Crippen molar-refractivity contribution in [3.05, 3.63) is 27.1 Å². The number of hydrogen-bond acceptors (Lipinski definition) is 6. The molecule has 3 N–H and O–H groups in total. The summed E-state index contributed by atoms with van der Waals surface area (Å²) in [5.74, 6) is 1.29. The molecular formula is C13H14Br2N6. The molecule has 0 amide bonds. The van der Waals surface area contributed by atoms with Crippen molar-refractivity contribution in [2.45, 2.75) is 12.8 Å². The number of nitrogens with one attached hydrogen (secondary N) is 1. The Morgan fingerprint density at radius 3 is 2.38 bits per heavy atom. The molecule has 1 saturated heterocycles. The molecule has 0 spiro atoms. The van der Waals surface area contributed by atoms with Crippen molar-refractivity contribution < 1.29 is 0 Å². The smallest absolute Gasteiger partial charge is 0.233 e. The second-order valence-electron chi connectivity index (χ2n) is 4.73. The van der Waals surface area contributed by atoms with Crippen molar-refractivity contribution >= 4 is 55.4 Å². The van der Waals surface area contributed by atoms with Crippen LogP contribution < -0.4 is 16.0 Å². The highest BCUT2D eigenvalue weighted by Crippen LogP contribution is 2.32. The summed E-state index contributed by atoms with van der Waals surface area (Å²) in [6.07, 6.45) is 2.31. The highest BCUT2D eigenvalue weighted by atomic mass is 79.9. The van der Waals surface area contributed by atoms with E-state index < -0.39 is 0 Å². The normalized spacial score (nSPS) is 14.5. The van der Waals surface area contributed by atoms with Crippen LogP contribution in [0.15, 0.2) is 27.1 Å². The lowest BCUT2D eigenvalue weighted by Crippen LogP contribution is -2.22. The van der Waals surface area contributed by atoms with Crippen LogP contribution in [0.4, 0.5) is 23.5 Å². The van der Waals surface area contributed by atoms with Crippen LogP contribution in [0.3, 0.4) is 0 Å². The second-order valence-corrected chi connectivity index (χ2v) is 6.44.